The van der Waals surface area contributed by atoms with Gasteiger partial charge in [-0.15, -0.1) is 0 Å². The van der Waals surface area contributed by atoms with Gasteiger partial charge in [0.25, 0.3) is 0 Å². The molecule has 0 aliphatic carbocycles. The number of nitrogens with one attached hydrogen (secondary N) is 1. The van der Waals surface area contributed by atoms with Crippen molar-refractivity contribution < 1.29 is 9.13 Å². The third kappa shape index (κ3) is 4.32. The van der Waals surface area contributed by atoms with Crippen LogP contribution < -0.4 is 10.1 Å². The van der Waals surface area contributed by atoms with E-state index in [2.05, 4.69) is 17.1 Å². The highest BCUT2D eigenvalue weighted by Gasteiger charge is 2.09. The Labute approximate surface area is 103 Å². The molecule has 0 aliphatic heterocycles. The first kappa shape index (κ1) is 13.9. The van der Waals surface area contributed by atoms with E-state index >= 15 is 0 Å². The number of benzene rings is 1. The maximum atomic E-state index is 13.8. The number of halogens is 1. The smallest absolute Gasteiger partial charge is 0.169 e. The lowest BCUT2D eigenvalue weighted by molar-refractivity contribution is 0.346. The van der Waals surface area contributed by atoms with Crippen molar-refractivity contribution in [2.45, 2.75) is 19.5 Å². The minimum absolute atomic E-state index is 0.278. The molecular weight excluding hydrogens is 219 g/mol. The number of likely N-dealkylation sites (N-methyl/N-ethyl adjacent to an activating group) is 1. The second-order valence-electron chi connectivity index (χ2n) is 4.48. The van der Waals surface area contributed by atoms with E-state index < -0.39 is 0 Å². The first-order valence-corrected chi connectivity index (χ1v) is 5.74. The summed E-state index contributed by atoms with van der Waals surface area (Å²) < 4.78 is 18.8. The van der Waals surface area contributed by atoms with E-state index in [1.807, 2.05) is 14.1 Å². The van der Waals surface area contributed by atoms with Crippen LogP contribution in [0.2, 0.25) is 0 Å². The zero-order valence-corrected chi connectivity index (χ0v) is 11.0. The van der Waals surface area contributed by atoms with Crippen molar-refractivity contribution in [3.8, 4) is 5.75 Å². The Morgan fingerprint density at radius 1 is 1.41 bits per heavy atom. The molecule has 17 heavy (non-hydrogen) atoms. The van der Waals surface area contributed by atoms with Crippen LogP contribution in [0, 0.1) is 5.82 Å². The van der Waals surface area contributed by atoms with Crippen molar-refractivity contribution >= 4 is 0 Å². The SMILES string of the molecule is COc1cccc(CNC(C)CN(C)C)c1F. The molecule has 0 heterocycles. The number of hydrogen-bond acceptors (Lipinski definition) is 3. The molecule has 96 valence electrons. The molecule has 0 radical (unpaired) electrons. The molecular formula is C13H21FN2O. The predicted octanol–water partition coefficient (Wildman–Crippen LogP) is 1.87. The lowest BCUT2D eigenvalue weighted by Gasteiger charge is -2.18. The summed E-state index contributed by atoms with van der Waals surface area (Å²) in [6.07, 6.45) is 0. The average molecular weight is 240 g/mol. The van der Waals surface area contributed by atoms with Gasteiger partial charge in [0.1, 0.15) is 0 Å². The van der Waals surface area contributed by atoms with Crippen molar-refractivity contribution in [2.75, 3.05) is 27.7 Å². The first-order chi connectivity index (χ1) is 8.04. The standard InChI is InChI=1S/C13H21FN2O/c1-10(9-16(2)3)15-8-11-6-5-7-12(17-4)13(11)14/h5-7,10,15H,8-9H2,1-4H3. The first-order valence-electron chi connectivity index (χ1n) is 5.74. The van der Waals surface area contributed by atoms with Crippen LogP contribution in [0.15, 0.2) is 18.2 Å². The maximum absolute atomic E-state index is 13.8. The predicted molar refractivity (Wildman–Crippen MR) is 67.8 cm³/mol. The number of methoxy groups -OCH3 is 1. The van der Waals surface area contributed by atoms with Crippen LogP contribution in [0.4, 0.5) is 4.39 Å². The molecule has 0 spiro atoms. The van der Waals surface area contributed by atoms with Gasteiger partial charge in [0.15, 0.2) is 11.6 Å². The van der Waals surface area contributed by atoms with Gasteiger partial charge < -0.3 is 15.0 Å². The largest absolute Gasteiger partial charge is 0.494 e. The van der Waals surface area contributed by atoms with Crippen LogP contribution in [0.1, 0.15) is 12.5 Å². The average Bonchev–Trinajstić information content (AvgIpc) is 2.27. The van der Waals surface area contributed by atoms with Gasteiger partial charge in [-0.05, 0) is 27.1 Å². The Kier molecular flexibility index (Phi) is 5.38. The Bertz CT molecular complexity index is 355. The number of rotatable bonds is 6. The van der Waals surface area contributed by atoms with Gasteiger partial charge in [0.2, 0.25) is 0 Å². The van der Waals surface area contributed by atoms with Gasteiger partial charge >= 0.3 is 0 Å². The van der Waals surface area contributed by atoms with Gasteiger partial charge in [0, 0.05) is 24.7 Å². The molecule has 0 saturated carbocycles. The molecule has 0 amide bonds. The molecule has 1 aromatic rings. The molecule has 0 bridgehead atoms. The molecule has 4 heteroatoms. The molecule has 1 aromatic carbocycles. The maximum Gasteiger partial charge on any atom is 0.169 e. The summed E-state index contributed by atoms with van der Waals surface area (Å²) in [5, 5.41) is 3.29. The molecule has 1 atom stereocenters. The minimum atomic E-state index is -0.278. The van der Waals surface area contributed by atoms with Gasteiger partial charge in [0.05, 0.1) is 7.11 Å². The minimum Gasteiger partial charge on any atom is -0.494 e. The van der Waals surface area contributed by atoms with E-state index in [1.165, 1.54) is 7.11 Å². The van der Waals surface area contributed by atoms with Crippen LogP contribution in [0.3, 0.4) is 0 Å². The van der Waals surface area contributed by atoms with E-state index in [-0.39, 0.29) is 5.82 Å². The number of hydrogen-bond donors (Lipinski definition) is 1. The summed E-state index contributed by atoms with van der Waals surface area (Å²) in [7, 11) is 5.51. The molecule has 0 aliphatic rings. The highest BCUT2D eigenvalue weighted by Crippen LogP contribution is 2.19. The van der Waals surface area contributed by atoms with Crippen molar-refractivity contribution in [1.29, 1.82) is 0 Å². The third-order valence-electron chi connectivity index (χ3n) is 2.54. The fraction of sp³-hybridized carbons (Fsp3) is 0.538. The zero-order valence-electron chi connectivity index (χ0n) is 11.0. The number of ether oxygens (including phenoxy) is 1. The number of nitrogens with zero attached hydrogens (tertiary/aromatic N) is 1. The van der Waals surface area contributed by atoms with Crippen molar-refractivity contribution in [2.24, 2.45) is 0 Å². The Morgan fingerprint density at radius 2 is 2.12 bits per heavy atom. The molecule has 0 aromatic heterocycles. The van der Waals surface area contributed by atoms with E-state index in [0.717, 1.165) is 6.54 Å². The highest BCUT2D eigenvalue weighted by atomic mass is 19.1. The monoisotopic (exact) mass is 240 g/mol. The Morgan fingerprint density at radius 3 is 2.71 bits per heavy atom. The lowest BCUT2D eigenvalue weighted by Crippen LogP contribution is -2.35. The summed E-state index contributed by atoms with van der Waals surface area (Å²) in [5.74, 6) is 0.0177. The Balaban J connectivity index is 2.57. The Hall–Kier alpha value is -1.13. The van der Waals surface area contributed by atoms with Gasteiger partial charge in [-0.3, -0.25) is 0 Å². The second-order valence-corrected chi connectivity index (χ2v) is 4.48. The fourth-order valence-electron chi connectivity index (χ4n) is 1.75. The topological polar surface area (TPSA) is 24.5 Å². The van der Waals surface area contributed by atoms with Gasteiger partial charge in [-0.25, -0.2) is 4.39 Å². The van der Waals surface area contributed by atoms with Gasteiger partial charge in [-0.1, -0.05) is 12.1 Å². The molecule has 1 N–H and O–H groups in total. The van der Waals surface area contributed by atoms with Crippen LogP contribution in [0.5, 0.6) is 5.75 Å². The second kappa shape index (κ2) is 6.57. The molecule has 1 rings (SSSR count). The van der Waals surface area contributed by atoms with Crippen molar-refractivity contribution in [1.82, 2.24) is 10.2 Å². The fourth-order valence-corrected chi connectivity index (χ4v) is 1.75. The van der Waals surface area contributed by atoms with Crippen LogP contribution in [0.25, 0.3) is 0 Å². The summed E-state index contributed by atoms with van der Waals surface area (Å²) in [6.45, 7) is 3.52. The molecule has 1 unspecified atom stereocenters. The summed E-state index contributed by atoms with van der Waals surface area (Å²) in [6, 6.07) is 5.51. The van der Waals surface area contributed by atoms with Crippen LogP contribution in [-0.4, -0.2) is 38.7 Å². The highest BCUT2D eigenvalue weighted by molar-refractivity contribution is 5.30. The normalized spacial score (nSPS) is 12.8. The summed E-state index contributed by atoms with van der Waals surface area (Å²) >= 11 is 0. The van der Waals surface area contributed by atoms with Gasteiger partial charge in [-0.2, -0.15) is 0 Å². The van der Waals surface area contributed by atoms with E-state index in [1.54, 1.807) is 18.2 Å². The zero-order chi connectivity index (χ0) is 12.8. The lowest BCUT2D eigenvalue weighted by atomic mass is 10.2. The van der Waals surface area contributed by atoms with E-state index in [4.69, 9.17) is 4.74 Å². The van der Waals surface area contributed by atoms with E-state index in [9.17, 15) is 4.39 Å². The molecule has 0 fully saturated rings. The summed E-state index contributed by atoms with van der Waals surface area (Å²) in [5.41, 5.74) is 0.634. The summed E-state index contributed by atoms with van der Waals surface area (Å²) in [4.78, 5) is 2.10. The molecule has 0 saturated heterocycles. The van der Waals surface area contributed by atoms with Crippen LogP contribution >= 0.6 is 0 Å². The van der Waals surface area contributed by atoms with Crippen molar-refractivity contribution in [3.05, 3.63) is 29.6 Å². The molecule has 3 nitrogen and oxygen atoms in total. The van der Waals surface area contributed by atoms with E-state index in [0.29, 0.717) is 23.9 Å². The van der Waals surface area contributed by atoms with Crippen molar-refractivity contribution in [3.63, 3.8) is 0 Å². The third-order valence-corrected chi connectivity index (χ3v) is 2.54. The quantitative estimate of drug-likeness (QED) is 0.821. The van der Waals surface area contributed by atoms with Crippen LogP contribution in [-0.2, 0) is 6.54 Å².